The van der Waals surface area contributed by atoms with Gasteiger partial charge in [0.15, 0.2) is 0 Å². The summed E-state index contributed by atoms with van der Waals surface area (Å²) in [6.45, 7) is 6.38. The molecule has 1 aliphatic rings. The highest BCUT2D eigenvalue weighted by Crippen LogP contribution is 2.25. The van der Waals surface area contributed by atoms with E-state index in [4.69, 9.17) is 5.73 Å². The molecule has 1 saturated heterocycles. The molecule has 120 valence electrons. The van der Waals surface area contributed by atoms with Crippen LogP contribution in [-0.2, 0) is 14.4 Å². The zero-order chi connectivity index (χ0) is 16.0. The maximum Gasteiger partial charge on any atom is 0.243 e. The largest absolute Gasteiger partial charge is 0.368 e. The second-order valence-corrected chi connectivity index (χ2v) is 5.70. The number of hydrogen-bond donors (Lipinski definition) is 2. The van der Waals surface area contributed by atoms with Gasteiger partial charge in [-0.3, -0.25) is 14.4 Å². The average Bonchev–Trinajstić information content (AvgIpc) is 2.78. The van der Waals surface area contributed by atoms with E-state index in [1.165, 1.54) is 0 Å². The number of amides is 3. The highest BCUT2D eigenvalue weighted by atomic mass is 16.2. The standard InChI is InChI=1S/C15H27N3O3/c1-4-7-10-8-13(19)18(9-10)12(6-3)15(21)17-11(5-2)14(16)20/h10-12H,4-9H2,1-3H3,(H2,16,20)(H,17,21). The maximum absolute atomic E-state index is 12.3. The van der Waals surface area contributed by atoms with Gasteiger partial charge in [-0.1, -0.05) is 27.2 Å². The fourth-order valence-corrected chi connectivity index (χ4v) is 2.90. The Kier molecular flexibility index (Phi) is 6.65. The van der Waals surface area contributed by atoms with Crippen LogP contribution in [0.15, 0.2) is 0 Å². The van der Waals surface area contributed by atoms with E-state index in [0.717, 1.165) is 12.8 Å². The van der Waals surface area contributed by atoms with Crippen LogP contribution in [0.1, 0.15) is 52.9 Å². The minimum atomic E-state index is -0.671. The van der Waals surface area contributed by atoms with Crippen LogP contribution in [0.2, 0.25) is 0 Å². The van der Waals surface area contributed by atoms with Crippen LogP contribution in [-0.4, -0.2) is 41.2 Å². The van der Waals surface area contributed by atoms with E-state index in [0.29, 0.717) is 31.7 Å². The Morgan fingerprint density at radius 1 is 1.33 bits per heavy atom. The van der Waals surface area contributed by atoms with Crippen LogP contribution in [0.25, 0.3) is 0 Å². The summed E-state index contributed by atoms with van der Waals surface area (Å²) in [4.78, 5) is 37.3. The van der Waals surface area contributed by atoms with Gasteiger partial charge in [-0.05, 0) is 25.2 Å². The predicted octanol–water partition coefficient (Wildman–Crippen LogP) is 0.794. The third-order valence-corrected chi connectivity index (χ3v) is 4.07. The molecule has 0 spiro atoms. The lowest BCUT2D eigenvalue weighted by Gasteiger charge is -2.27. The number of carbonyl (C=O) groups excluding carboxylic acids is 3. The molecule has 0 aromatic carbocycles. The molecule has 0 aromatic rings. The highest BCUT2D eigenvalue weighted by Gasteiger charge is 2.36. The van der Waals surface area contributed by atoms with Crippen molar-refractivity contribution in [1.29, 1.82) is 0 Å². The molecule has 0 radical (unpaired) electrons. The molecule has 0 saturated carbocycles. The molecule has 21 heavy (non-hydrogen) atoms. The van der Waals surface area contributed by atoms with Crippen LogP contribution in [0.5, 0.6) is 0 Å². The van der Waals surface area contributed by atoms with Crippen LogP contribution in [0.3, 0.4) is 0 Å². The average molecular weight is 297 g/mol. The van der Waals surface area contributed by atoms with E-state index in [-0.39, 0.29) is 11.8 Å². The van der Waals surface area contributed by atoms with Crippen LogP contribution >= 0.6 is 0 Å². The number of nitrogens with zero attached hydrogens (tertiary/aromatic N) is 1. The summed E-state index contributed by atoms with van der Waals surface area (Å²) >= 11 is 0. The van der Waals surface area contributed by atoms with Crippen molar-refractivity contribution in [1.82, 2.24) is 10.2 Å². The minimum Gasteiger partial charge on any atom is -0.368 e. The van der Waals surface area contributed by atoms with Gasteiger partial charge in [0.25, 0.3) is 0 Å². The predicted molar refractivity (Wildman–Crippen MR) is 80.2 cm³/mol. The Morgan fingerprint density at radius 3 is 2.48 bits per heavy atom. The lowest BCUT2D eigenvalue weighted by atomic mass is 10.0. The van der Waals surface area contributed by atoms with Crippen molar-refractivity contribution in [3.05, 3.63) is 0 Å². The van der Waals surface area contributed by atoms with Gasteiger partial charge in [0.05, 0.1) is 0 Å². The van der Waals surface area contributed by atoms with E-state index in [1.807, 2.05) is 6.92 Å². The molecule has 6 heteroatoms. The number of hydrogen-bond acceptors (Lipinski definition) is 3. The molecule has 1 aliphatic heterocycles. The monoisotopic (exact) mass is 297 g/mol. The molecule has 0 aromatic heterocycles. The van der Waals surface area contributed by atoms with Crippen LogP contribution < -0.4 is 11.1 Å². The minimum absolute atomic E-state index is 0.0302. The van der Waals surface area contributed by atoms with Crippen molar-refractivity contribution >= 4 is 17.7 Å². The SMILES string of the molecule is CCCC1CC(=O)N(C(CC)C(=O)NC(CC)C(N)=O)C1. The van der Waals surface area contributed by atoms with Crippen molar-refractivity contribution in [2.45, 2.75) is 65.0 Å². The molecular formula is C15H27N3O3. The normalized spacial score (nSPS) is 21.2. The first-order chi connectivity index (χ1) is 9.94. The van der Waals surface area contributed by atoms with Crippen molar-refractivity contribution in [3.63, 3.8) is 0 Å². The Labute approximate surface area is 126 Å². The topological polar surface area (TPSA) is 92.5 Å². The van der Waals surface area contributed by atoms with Gasteiger partial charge in [0.2, 0.25) is 17.7 Å². The molecule has 6 nitrogen and oxygen atoms in total. The van der Waals surface area contributed by atoms with Gasteiger partial charge in [-0.25, -0.2) is 0 Å². The van der Waals surface area contributed by atoms with E-state index < -0.39 is 18.0 Å². The maximum atomic E-state index is 12.3. The number of nitrogens with two attached hydrogens (primary N) is 1. The van der Waals surface area contributed by atoms with Gasteiger partial charge in [-0.15, -0.1) is 0 Å². The lowest BCUT2D eigenvalue weighted by Crippen LogP contribution is -2.53. The van der Waals surface area contributed by atoms with Crippen LogP contribution in [0, 0.1) is 5.92 Å². The Morgan fingerprint density at radius 2 is 2.00 bits per heavy atom. The number of carbonyl (C=O) groups is 3. The quantitative estimate of drug-likeness (QED) is 0.694. The van der Waals surface area contributed by atoms with E-state index >= 15 is 0 Å². The van der Waals surface area contributed by atoms with Crippen molar-refractivity contribution in [2.75, 3.05) is 6.54 Å². The summed E-state index contributed by atoms with van der Waals surface area (Å²) in [5, 5.41) is 2.65. The summed E-state index contributed by atoms with van der Waals surface area (Å²) in [5.74, 6) is -0.462. The van der Waals surface area contributed by atoms with E-state index in [2.05, 4.69) is 12.2 Å². The highest BCUT2D eigenvalue weighted by molar-refractivity contribution is 5.92. The lowest BCUT2D eigenvalue weighted by molar-refractivity contribution is -0.138. The van der Waals surface area contributed by atoms with Crippen LogP contribution in [0.4, 0.5) is 0 Å². The molecule has 3 N–H and O–H groups in total. The van der Waals surface area contributed by atoms with E-state index in [9.17, 15) is 14.4 Å². The molecule has 0 bridgehead atoms. The smallest absolute Gasteiger partial charge is 0.243 e. The van der Waals surface area contributed by atoms with Crippen molar-refractivity contribution in [2.24, 2.45) is 11.7 Å². The molecule has 3 unspecified atom stereocenters. The van der Waals surface area contributed by atoms with Crippen molar-refractivity contribution < 1.29 is 14.4 Å². The second-order valence-electron chi connectivity index (χ2n) is 5.70. The fraction of sp³-hybridized carbons (Fsp3) is 0.800. The zero-order valence-electron chi connectivity index (χ0n) is 13.2. The van der Waals surface area contributed by atoms with Gasteiger partial charge in [0, 0.05) is 13.0 Å². The van der Waals surface area contributed by atoms with Gasteiger partial charge >= 0.3 is 0 Å². The Hall–Kier alpha value is -1.59. The summed E-state index contributed by atoms with van der Waals surface area (Å²) in [6.07, 6.45) is 3.54. The third-order valence-electron chi connectivity index (χ3n) is 4.07. The second kappa shape index (κ2) is 8.00. The zero-order valence-corrected chi connectivity index (χ0v) is 13.2. The third kappa shape index (κ3) is 4.44. The van der Waals surface area contributed by atoms with E-state index in [1.54, 1.807) is 11.8 Å². The number of primary amides is 1. The molecule has 1 heterocycles. The molecule has 1 fully saturated rings. The molecule has 3 amide bonds. The number of rotatable bonds is 8. The van der Waals surface area contributed by atoms with Crippen molar-refractivity contribution in [3.8, 4) is 0 Å². The summed E-state index contributed by atoms with van der Waals surface area (Å²) in [5.41, 5.74) is 5.25. The van der Waals surface area contributed by atoms with Gasteiger partial charge in [-0.2, -0.15) is 0 Å². The molecule has 3 atom stereocenters. The first-order valence-corrected chi connectivity index (χ1v) is 7.83. The number of nitrogens with one attached hydrogen (secondary N) is 1. The molecule has 1 rings (SSSR count). The Bertz CT molecular complexity index is 398. The molecule has 0 aliphatic carbocycles. The van der Waals surface area contributed by atoms with Gasteiger partial charge in [0.1, 0.15) is 12.1 Å². The number of likely N-dealkylation sites (tertiary alicyclic amines) is 1. The molecular weight excluding hydrogens is 270 g/mol. The fourth-order valence-electron chi connectivity index (χ4n) is 2.90. The van der Waals surface area contributed by atoms with Gasteiger partial charge < -0.3 is 16.0 Å². The first kappa shape index (κ1) is 17.5. The summed E-state index contributed by atoms with van der Waals surface area (Å²) in [7, 11) is 0. The first-order valence-electron chi connectivity index (χ1n) is 7.83. The summed E-state index contributed by atoms with van der Waals surface area (Å²) in [6, 6.07) is -1.18. The Balaban J connectivity index is 2.71. The summed E-state index contributed by atoms with van der Waals surface area (Å²) < 4.78 is 0.